The number of hydrogen-bond donors (Lipinski definition) is 1. The molecule has 3 heteroatoms. The minimum absolute atomic E-state index is 0.348. The third-order valence-electron chi connectivity index (χ3n) is 3.92. The van der Waals surface area contributed by atoms with Crippen molar-refractivity contribution in [3.05, 3.63) is 29.8 Å². The van der Waals surface area contributed by atoms with Crippen LogP contribution in [0.5, 0.6) is 5.75 Å². The predicted octanol–water partition coefficient (Wildman–Crippen LogP) is 2.31. The molecule has 0 spiro atoms. The van der Waals surface area contributed by atoms with Crippen LogP contribution in [0.25, 0.3) is 0 Å². The Bertz CT molecular complexity index is 359. The van der Waals surface area contributed by atoms with E-state index in [1.54, 1.807) is 12.1 Å². The number of likely N-dealkylation sites (tertiary alicyclic amines) is 1. The first-order valence-corrected chi connectivity index (χ1v) is 6.97. The molecule has 1 aliphatic heterocycles. The SMILES string of the molecule is CCN(CC)C1CCN(Cc2ccc(O)cc2)C1. The molecular weight excluding hydrogens is 224 g/mol. The second kappa shape index (κ2) is 6.21. The van der Waals surface area contributed by atoms with Crippen LogP contribution in [-0.4, -0.2) is 47.1 Å². The highest BCUT2D eigenvalue weighted by Gasteiger charge is 2.25. The second-order valence-corrected chi connectivity index (χ2v) is 5.07. The Morgan fingerprint density at radius 1 is 1.22 bits per heavy atom. The molecule has 100 valence electrons. The van der Waals surface area contributed by atoms with Crippen LogP contribution in [0.4, 0.5) is 0 Å². The fourth-order valence-corrected chi connectivity index (χ4v) is 2.85. The number of phenolic OH excluding ortho intramolecular Hbond substituents is 1. The van der Waals surface area contributed by atoms with E-state index in [4.69, 9.17) is 0 Å². The predicted molar refractivity (Wildman–Crippen MR) is 74.7 cm³/mol. The van der Waals surface area contributed by atoms with Crippen molar-refractivity contribution in [2.45, 2.75) is 32.9 Å². The van der Waals surface area contributed by atoms with Gasteiger partial charge in [0, 0.05) is 25.7 Å². The number of phenols is 1. The summed E-state index contributed by atoms with van der Waals surface area (Å²) in [4.78, 5) is 5.06. The number of benzene rings is 1. The molecular formula is C15H24N2O. The van der Waals surface area contributed by atoms with Gasteiger partial charge in [-0.3, -0.25) is 9.80 Å². The van der Waals surface area contributed by atoms with E-state index < -0.39 is 0 Å². The number of hydrogen-bond acceptors (Lipinski definition) is 3. The van der Waals surface area contributed by atoms with E-state index in [-0.39, 0.29) is 0 Å². The fraction of sp³-hybridized carbons (Fsp3) is 0.600. The highest BCUT2D eigenvalue weighted by atomic mass is 16.3. The van der Waals surface area contributed by atoms with E-state index >= 15 is 0 Å². The molecule has 0 bridgehead atoms. The fourth-order valence-electron chi connectivity index (χ4n) is 2.85. The summed E-state index contributed by atoms with van der Waals surface area (Å²) in [6.07, 6.45) is 1.28. The van der Waals surface area contributed by atoms with Crippen LogP contribution in [-0.2, 0) is 6.54 Å². The van der Waals surface area contributed by atoms with Gasteiger partial charge >= 0.3 is 0 Å². The maximum Gasteiger partial charge on any atom is 0.115 e. The molecule has 0 aliphatic carbocycles. The maximum atomic E-state index is 9.28. The first kappa shape index (κ1) is 13.4. The van der Waals surface area contributed by atoms with E-state index in [0.29, 0.717) is 5.75 Å². The maximum absolute atomic E-state index is 9.28. The Labute approximate surface area is 110 Å². The summed E-state index contributed by atoms with van der Waals surface area (Å²) in [5, 5.41) is 9.28. The molecule has 0 amide bonds. The van der Waals surface area contributed by atoms with Gasteiger partial charge in [0.25, 0.3) is 0 Å². The average Bonchev–Trinajstić information content (AvgIpc) is 2.82. The van der Waals surface area contributed by atoms with Crippen LogP contribution in [0, 0.1) is 0 Å². The average molecular weight is 248 g/mol. The Morgan fingerprint density at radius 3 is 2.50 bits per heavy atom. The summed E-state index contributed by atoms with van der Waals surface area (Å²) in [7, 11) is 0. The third kappa shape index (κ3) is 3.24. The van der Waals surface area contributed by atoms with E-state index in [0.717, 1.165) is 25.7 Å². The number of aromatic hydroxyl groups is 1. The van der Waals surface area contributed by atoms with Gasteiger partial charge in [0.05, 0.1) is 0 Å². The Balaban J connectivity index is 1.87. The van der Waals surface area contributed by atoms with Crippen molar-refractivity contribution in [1.29, 1.82) is 0 Å². The summed E-state index contributed by atoms with van der Waals surface area (Å²) in [5.41, 5.74) is 1.29. The number of rotatable bonds is 5. The largest absolute Gasteiger partial charge is 0.508 e. The molecule has 18 heavy (non-hydrogen) atoms. The summed E-state index contributed by atoms with van der Waals surface area (Å²) < 4.78 is 0. The Hall–Kier alpha value is -1.06. The van der Waals surface area contributed by atoms with Crippen molar-refractivity contribution in [1.82, 2.24) is 9.80 Å². The van der Waals surface area contributed by atoms with Crippen LogP contribution < -0.4 is 0 Å². The molecule has 0 aromatic heterocycles. The van der Waals surface area contributed by atoms with Crippen molar-refractivity contribution in [3.8, 4) is 5.75 Å². The van der Waals surface area contributed by atoms with Crippen LogP contribution in [0.1, 0.15) is 25.8 Å². The van der Waals surface area contributed by atoms with Crippen LogP contribution in [0.2, 0.25) is 0 Å². The quantitative estimate of drug-likeness (QED) is 0.866. The van der Waals surface area contributed by atoms with E-state index in [1.165, 1.54) is 25.1 Å². The first-order chi connectivity index (χ1) is 8.72. The minimum Gasteiger partial charge on any atom is -0.508 e. The molecule has 1 N–H and O–H groups in total. The first-order valence-electron chi connectivity index (χ1n) is 6.97. The molecule has 1 aliphatic rings. The Morgan fingerprint density at radius 2 is 1.89 bits per heavy atom. The number of likely N-dealkylation sites (N-methyl/N-ethyl adjacent to an activating group) is 1. The molecule has 0 saturated carbocycles. The van der Waals surface area contributed by atoms with Crippen molar-refractivity contribution < 1.29 is 5.11 Å². The van der Waals surface area contributed by atoms with Crippen LogP contribution in [0.3, 0.4) is 0 Å². The second-order valence-electron chi connectivity index (χ2n) is 5.07. The van der Waals surface area contributed by atoms with Gasteiger partial charge in [0.1, 0.15) is 5.75 Å². The van der Waals surface area contributed by atoms with Gasteiger partial charge in [-0.05, 0) is 37.2 Å². The summed E-state index contributed by atoms with van der Waals surface area (Å²) >= 11 is 0. The highest BCUT2D eigenvalue weighted by Crippen LogP contribution is 2.19. The lowest BCUT2D eigenvalue weighted by Crippen LogP contribution is -2.37. The van der Waals surface area contributed by atoms with Gasteiger partial charge in [-0.2, -0.15) is 0 Å². The van der Waals surface area contributed by atoms with Crippen molar-refractivity contribution >= 4 is 0 Å². The molecule has 1 heterocycles. The highest BCUT2D eigenvalue weighted by molar-refractivity contribution is 5.25. The van der Waals surface area contributed by atoms with E-state index in [1.807, 2.05) is 12.1 Å². The molecule has 1 saturated heterocycles. The molecule has 3 nitrogen and oxygen atoms in total. The monoisotopic (exact) mass is 248 g/mol. The normalized spacial score (nSPS) is 20.7. The zero-order valence-electron chi connectivity index (χ0n) is 11.5. The van der Waals surface area contributed by atoms with Crippen molar-refractivity contribution in [2.75, 3.05) is 26.2 Å². The topological polar surface area (TPSA) is 26.7 Å². The van der Waals surface area contributed by atoms with Gasteiger partial charge in [-0.15, -0.1) is 0 Å². The van der Waals surface area contributed by atoms with Crippen molar-refractivity contribution in [3.63, 3.8) is 0 Å². The smallest absolute Gasteiger partial charge is 0.115 e. The molecule has 1 fully saturated rings. The zero-order chi connectivity index (χ0) is 13.0. The van der Waals surface area contributed by atoms with Crippen molar-refractivity contribution in [2.24, 2.45) is 0 Å². The molecule has 1 atom stereocenters. The van der Waals surface area contributed by atoms with E-state index in [2.05, 4.69) is 23.6 Å². The molecule has 2 rings (SSSR count). The molecule has 0 radical (unpaired) electrons. The third-order valence-corrected chi connectivity index (χ3v) is 3.92. The summed E-state index contributed by atoms with van der Waals surface area (Å²) in [6.45, 7) is 10.1. The van der Waals surface area contributed by atoms with Gasteiger partial charge in [-0.25, -0.2) is 0 Å². The molecule has 1 aromatic carbocycles. The van der Waals surface area contributed by atoms with Crippen LogP contribution >= 0.6 is 0 Å². The molecule has 1 aromatic rings. The van der Waals surface area contributed by atoms with E-state index in [9.17, 15) is 5.11 Å². The number of nitrogens with zero attached hydrogens (tertiary/aromatic N) is 2. The van der Waals surface area contributed by atoms with Gasteiger partial charge in [0.15, 0.2) is 0 Å². The zero-order valence-corrected chi connectivity index (χ0v) is 11.5. The summed E-state index contributed by atoms with van der Waals surface area (Å²) in [5.74, 6) is 0.348. The Kier molecular flexibility index (Phi) is 4.61. The van der Waals surface area contributed by atoms with Gasteiger partial charge in [-0.1, -0.05) is 26.0 Å². The van der Waals surface area contributed by atoms with Gasteiger partial charge < -0.3 is 5.11 Å². The summed E-state index contributed by atoms with van der Waals surface area (Å²) in [6, 6.07) is 8.29. The van der Waals surface area contributed by atoms with Gasteiger partial charge in [0.2, 0.25) is 0 Å². The standard InChI is InChI=1S/C15H24N2O/c1-3-17(4-2)14-9-10-16(12-14)11-13-5-7-15(18)8-6-13/h5-8,14,18H,3-4,9-12H2,1-2H3. The molecule has 1 unspecified atom stereocenters. The minimum atomic E-state index is 0.348. The van der Waals surface area contributed by atoms with Crippen LogP contribution in [0.15, 0.2) is 24.3 Å². The lowest BCUT2D eigenvalue weighted by Gasteiger charge is -2.26. The lowest BCUT2D eigenvalue weighted by atomic mass is 10.2. The lowest BCUT2D eigenvalue weighted by molar-refractivity contribution is 0.209.